The Hall–Kier alpha value is -18.7. The van der Waals surface area contributed by atoms with Crippen LogP contribution < -0.4 is 0 Å². The number of para-hydroxylation sites is 3. The van der Waals surface area contributed by atoms with Crippen molar-refractivity contribution in [1.82, 2.24) is 13.7 Å². The van der Waals surface area contributed by atoms with Crippen LogP contribution in [0.3, 0.4) is 0 Å². The lowest BCUT2D eigenvalue weighted by Gasteiger charge is -2.15. The van der Waals surface area contributed by atoms with E-state index in [1.807, 2.05) is 34.0 Å². The highest BCUT2D eigenvalue weighted by Crippen LogP contribution is 2.49. The Balaban J connectivity index is 0.000000108. The van der Waals surface area contributed by atoms with Gasteiger partial charge in [-0.1, -0.05) is 437 Å². The molecule has 30 aromatic rings. The summed E-state index contributed by atoms with van der Waals surface area (Å²) in [5.74, 6) is 0. The molecule has 150 heavy (non-hydrogen) atoms. The van der Waals surface area contributed by atoms with E-state index in [-0.39, 0.29) is 0 Å². The first kappa shape index (κ1) is 89.0. The van der Waals surface area contributed by atoms with Crippen LogP contribution in [0.1, 0.15) is 0 Å². The number of rotatable bonds is 15. The van der Waals surface area contributed by atoms with Gasteiger partial charge in [-0.25, -0.2) is 0 Å². The molecule has 0 aliphatic heterocycles. The highest BCUT2D eigenvalue weighted by atomic mass is 32.1. The van der Waals surface area contributed by atoms with Crippen LogP contribution in [-0.2, 0) is 0 Å². The molecule has 0 atom stereocenters. The second-order valence-electron chi connectivity index (χ2n) is 38.8. The van der Waals surface area contributed by atoms with Crippen molar-refractivity contribution in [1.29, 1.82) is 0 Å². The SMILES string of the molecule is c1ccc(-c2ccc3c(c2)c2cc(-c4ccccc4)ccc2n3-c2ccccc2-c2ccc(-c3ccc4c(c3)sc3ccccc34)cc2)cc1.c1ccc(-c2ccc3c(c2)c2cc(-c4ccccc4)ccc2n3-c2ccccc2-c2ccc(-c3ccc4sc5ccccc5c4c3)cc2)cc1.c1ccc(-c2ccc3c(c2)c2cc(-c4ccccc4)ccc2n3-c2ccccc2-c2ccc(-c3cccc4c3sc3ccccc34)cc2)cc1. The van der Waals surface area contributed by atoms with Gasteiger partial charge in [0.2, 0.25) is 0 Å². The first-order valence-corrected chi connectivity index (χ1v) is 53.7. The van der Waals surface area contributed by atoms with E-state index in [1.165, 1.54) is 277 Å². The molecule has 0 radical (unpaired) electrons. The van der Waals surface area contributed by atoms with Gasteiger partial charge in [0.05, 0.1) is 50.2 Å². The van der Waals surface area contributed by atoms with Gasteiger partial charge in [-0.05, 0) is 244 Å². The fourth-order valence-corrected chi connectivity index (χ4v) is 26.2. The quantitative estimate of drug-likeness (QED) is 0.0972. The zero-order valence-corrected chi connectivity index (χ0v) is 84.2. The van der Waals surface area contributed by atoms with Crippen LogP contribution in [0.25, 0.3) is 277 Å². The van der Waals surface area contributed by atoms with Crippen LogP contribution in [-0.4, -0.2) is 13.7 Å². The predicted octanol–water partition coefficient (Wildman–Crippen LogP) is 41.5. The topological polar surface area (TPSA) is 14.8 Å². The van der Waals surface area contributed by atoms with Crippen LogP contribution in [0.4, 0.5) is 0 Å². The zero-order chi connectivity index (χ0) is 99.1. The summed E-state index contributed by atoms with van der Waals surface area (Å²) in [6.45, 7) is 0. The second-order valence-corrected chi connectivity index (χ2v) is 42.0. The van der Waals surface area contributed by atoms with E-state index in [0.29, 0.717) is 0 Å². The minimum absolute atomic E-state index is 1.17. The average Bonchev–Trinajstić information content (AvgIpc) is 1.58. The van der Waals surface area contributed by atoms with Crippen LogP contribution in [0.15, 0.2) is 564 Å². The molecule has 0 fully saturated rings. The summed E-state index contributed by atoms with van der Waals surface area (Å²) in [7, 11) is 0. The van der Waals surface area contributed by atoms with E-state index in [1.54, 1.807) is 0 Å². The average molecular weight is 1960 g/mol. The lowest BCUT2D eigenvalue weighted by molar-refractivity contribution is 1.18. The summed E-state index contributed by atoms with van der Waals surface area (Å²) in [5, 5.41) is 15.5. The van der Waals surface area contributed by atoms with Gasteiger partial charge >= 0.3 is 0 Å². The predicted molar refractivity (Wildman–Crippen MR) is 646 cm³/mol. The monoisotopic (exact) mass is 1960 g/mol. The number of hydrogen-bond donors (Lipinski definition) is 0. The summed E-state index contributed by atoms with van der Waals surface area (Å²) in [5.41, 5.74) is 40.1. The molecule has 3 nitrogen and oxygen atoms in total. The van der Waals surface area contributed by atoms with Gasteiger partial charge in [0.25, 0.3) is 0 Å². The van der Waals surface area contributed by atoms with Gasteiger partial charge in [-0.2, -0.15) is 0 Å². The number of hydrogen-bond acceptors (Lipinski definition) is 3. The van der Waals surface area contributed by atoms with Crippen molar-refractivity contribution in [3.63, 3.8) is 0 Å². The van der Waals surface area contributed by atoms with Crippen LogP contribution in [0.2, 0.25) is 0 Å². The van der Waals surface area contributed by atoms with Crippen LogP contribution in [0, 0.1) is 0 Å². The molecule has 0 saturated heterocycles. The lowest BCUT2D eigenvalue weighted by Crippen LogP contribution is -1.97. The van der Waals surface area contributed by atoms with E-state index in [0.717, 1.165) is 0 Å². The van der Waals surface area contributed by atoms with Gasteiger partial charge in [-0.15, -0.1) is 34.0 Å². The molecular formula is C144H93N3S3. The van der Waals surface area contributed by atoms with Crippen molar-refractivity contribution < 1.29 is 0 Å². The fraction of sp³-hybridized carbons (Fsp3) is 0. The van der Waals surface area contributed by atoms with Crippen molar-refractivity contribution in [2.45, 2.75) is 0 Å². The van der Waals surface area contributed by atoms with Crippen LogP contribution in [0.5, 0.6) is 0 Å². The highest BCUT2D eigenvalue weighted by molar-refractivity contribution is 7.27. The Morgan fingerprint density at radius 3 is 0.653 bits per heavy atom. The van der Waals surface area contributed by atoms with E-state index in [4.69, 9.17) is 0 Å². The normalized spacial score (nSPS) is 11.6. The summed E-state index contributed by atoms with van der Waals surface area (Å²) in [6.07, 6.45) is 0. The van der Waals surface area contributed by atoms with Crippen molar-refractivity contribution in [2.24, 2.45) is 0 Å². The number of thiophene rings is 3. The minimum Gasteiger partial charge on any atom is -0.309 e. The Kier molecular flexibility index (Phi) is 22.6. The highest BCUT2D eigenvalue weighted by Gasteiger charge is 2.25. The maximum Gasteiger partial charge on any atom is 0.0541 e. The van der Waals surface area contributed by atoms with Crippen LogP contribution >= 0.6 is 34.0 Å². The molecule has 0 aliphatic rings. The summed E-state index contributed by atoms with van der Waals surface area (Å²) >= 11 is 5.61. The minimum atomic E-state index is 1.17. The van der Waals surface area contributed by atoms with Gasteiger partial charge in [0.1, 0.15) is 0 Å². The molecule has 0 aliphatic carbocycles. The van der Waals surface area contributed by atoms with E-state index in [9.17, 15) is 0 Å². The Morgan fingerprint density at radius 1 is 0.107 bits per heavy atom. The molecule has 24 aromatic carbocycles. The number of fused-ring (bicyclic) bond motifs is 18. The van der Waals surface area contributed by atoms with E-state index in [2.05, 4.69) is 578 Å². The van der Waals surface area contributed by atoms with Gasteiger partial charge in [0.15, 0.2) is 0 Å². The molecule has 702 valence electrons. The Morgan fingerprint density at radius 2 is 0.313 bits per heavy atom. The fourth-order valence-electron chi connectivity index (χ4n) is 22.7. The number of aromatic nitrogens is 3. The first-order valence-electron chi connectivity index (χ1n) is 51.3. The molecule has 6 heteroatoms. The molecule has 0 bridgehead atoms. The van der Waals surface area contributed by atoms with E-state index >= 15 is 0 Å². The Labute approximate surface area is 881 Å². The molecule has 0 amide bonds. The maximum atomic E-state index is 2.45. The third kappa shape index (κ3) is 16.1. The smallest absolute Gasteiger partial charge is 0.0541 e. The molecule has 0 saturated carbocycles. The first-order chi connectivity index (χ1) is 74.4. The molecule has 6 heterocycles. The number of benzene rings is 24. The molecule has 0 N–H and O–H groups in total. The molecule has 30 rings (SSSR count). The summed E-state index contributed by atoms with van der Waals surface area (Å²) < 4.78 is 15.4. The summed E-state index contributed by atoms with van der Waals surface area (Å²) in [4.78, 5) is 0. The van der Waals surface area contributed by atoms with Gasteiger partial charge in [-0.3, -0.25) is 0 Å². The molecule has 0 unspecified atom stereocenters. The van der Waals surface area contributed by atoms with Gasteiger partial charge < -0.3 is 13.7 Å². The number of nitrogens with zero attached hydrogens (tertiary/aromatic N) is 3. The standard InChI is InChI=1S/3C48H31NS/c1-3-12-32(13-4-1)36-26-28-45-42(30-36)43-31-37(33-14-5-2-6-15-33)27-29-46(43)49(45)44-20-9-7-16-38(44)34-22-24-35(25-23-34)39-18-11-19-41-40-17-8-10-21-47(40)50-48(39)41;1-3-11-32(12-4-1)36-24-27-45-42(29-36)43-30-37(33-13-5-2-6-14-33)25-28-46(43)49(45)44-17-9-7-15-39(44)35-21-19-34(20-22-35)38-23-26-41-40-16-8-10-18-47(40)50-48(41)31-38;1-3-11-32(12-4-1)36-23-26-45-41(29-36)42-30-37(33-13-5-2-6-14-33)24-27-46(42)49(45)44-17-9-7-15-39(44)35-21-19-34(20-22-35)38-25-28-48-43(31-38)40-16-8-10-18-47(40)50-48/h3*1-31H. The third-order valence-electron chi connectivity index (χ3n) is 30.1. The molecule has 0 spiro atoms. The second kappa shape index (κ2) is 38.1. The lowest BCUT2D eigenvalue weighted by atomic mass is 9.98. The Bertz CT molecular complexity index is 10100. The maximum absolute atomic E-state index is 2.45. The van der Waals surface area contributed by atoms with Gasteiger partial charge in [0, 0.05) is 110 Å². The van der Waals surface area contributed by atoms with Crippen molar-refractivity contribution >= 4 is 160 Å². The largest absolute Gasteiger partial charge is 0.309 e. The van der Waals surface area contributed by atoms with E-state index < -0.39 is 0 Å². The van der Waals surface area contributed by atoms with Crippen molar-refractivity contribution in [3.8, 4) is 151 Å². The molecule has 6 aromatic heterocycles. The molecular weight excluding hydrogens is 1870 g/mol. The van der Waals surface area contributed by atoms with Crippen molar-refractivity contribution in [3.05, 3.63) is 564 Å². The zero-order valence-electron chi connectivity index (χ0n) is 81.8. The van der Waals surface area contributed by atoms with Crippen molar-refractivity contribution in [2.75, 3.05) is 0 Å². The summed E-state index contributed by atoms with van der Waals surface area (Å²) in [6, 6.07) is 206. The third-order valence-corrected chi connectivity index (χ3v) is 33.6.